The molecule has 2 aliphatic heterocycles. The first kappa shape index (κ1) is 26.0. The third-order valence-electron chi connectivity index (χ3n) is 6.35. The molecule has 6 heteroatoms. The standard InChI is InChI=1S/C26H40N2O4/c1-3-5-7-9-11-13-15-21-19-23(29)27(25(21)31)17-18-28-24(30)20-22(26(28)32)16-14-12-10-8-6-4-2/h11-14,21-22H,3-10,15-20H2,1-2H3/b13-11+,14-12+. The molecule has 0 spiro atoms. The van der Waals surface area contributed by atoms with E-state index in [1.54, 1.807) is 0 Å². The first-order chi connectivity index (χ1) is 15.5. The van der Waals surface area contributed by atoms with Gasteiger partial charge in [0.25, 0.3) is 0 Å². The fourth-order valence-electron chi connectivity index (χ4n) is 4.32. The number of carbonyl (C=O) groups excluding carboxylic acids is 4. The van der Waals surface area contributed by atoms with Crippen LogP contribution in [0.2, 0.25) is 0 Å². The summed E-state index contributed by atoms with van der Waals surface area (Å²) in [4.78, 5) is 52.4. The van der Waals surface area contributed by atoms with Crippen LogP contribution in [0.5, 0.6) is 0 Å². The fourth-order valence-corrected chi connectivity index (χ4v) is 4.32. The second-order valence-electron chi connectivity index (χ2n) is 8.98. The van der Waals surface area contributed by atoms with Gasteiger partial charge in [0, 0.05) is 25.9 Å². The molecule has 32 heavy (non-hydrogen) atoms. The number of amides is 4. The first-order valence-corrected chi connectivity index (χ1v) is 12.5. The van der Waals surface area contributed by atoms with Gasteiger partial charge in [-0.2, -0.15) is 0 Å². The van der Waals surface area contributed by atoms with Gasteiger partial charge in [0.05, 0.1) is 11.8 Å². The van der Waals surface area contributed by atoms with Gasteiger partial charge in [0.2, 0.25) is 23.6 Å². The number of carbonyl (C=O) groups is 4. The summed E-state index contributed by atoms with van der Waals surface area (Å²) in [6.45, 7) is 4.53. The molecule has 0 bridgehead atoms. The van der Waals surface area contributed by atoms with E-state index in [9.17, 15) is 19.2 Å². The summed E-state index contributed by atoms with van der Waals surface area (Å²) >= 11 is 0. The minimum Gasteiger partial charge on any atom is -0.281 e. The van der Waals surface area contributed by atoms with Crippen LogP contribution in [0.25, 0.3) is 0 Å². The molecule has 0 N–H and O–H groups in total. The number of nitrogens with zero attached hydrogens (tertiary/aromatic N) is 2. The molecule has 0 aliphatic carbocycles. The van der Waals surface area contributed by atoms with Crippen molar-refractivity contribution in [1.82, 2.24) is 9.80 Å². The van der Waals surface area contributed by atoms with Crippen LogP contribution in [0, 0.1) is 11.8 Å². The molecule has 2 rings (SSSR count). The minimum atomic E-state index is -0.319. The first-order valence-electron chi connectivity index (χ1n) is 12.5. The molecule has 2 unspecified atom stereocenters. The Morgan fingerprint density at radius 1 is 0.656 bits per heavy atom. The number of hydrogen-bond acceptors (Lipinski definition) is 4. The van der Waals surface area contributed by atoms with Crippen molar-refractivity contribution in [1.29, 1.82) is 0 Å². The molecule has 178 valence electrons. The van der Waals surface area contributed by atoms with Crippen molar-refractivity contribution in [3.05, 3.63) is 24.3 Å². The lowest BCUT2D eigenvalue weighted by Crippen LogP contribution is -2.41. The van der Waals surface area contributed by atoms with Crippen molar-refractivity contribution in [3.8, 4) is 0 Å². The lowest BCUT2D eigenvalue weighted by molar-refractivity contribution is -0.144. The van der Waals surface area contributed by atoms with Gasteiger partial charge in [0.1, 0.15) is 0 Å². The summed E-state index contributed by atoms with van der Waals surface area (Å²) in [5.74, 6) is -1.41. The van der Waals surface area contributed by atoms with E-state index < -0.39 is 0 Å². The highest BCUT2D eigenvalue weighted by atomic mass is 16.2. The Labute approximate surface area is 193 Å². The molecule has 2 aliphatic rings. The van der Waals surface area contributed by atoms with E-state index in [0.29, 0.717) is 12.8 Å². The number of rotatable bonds is 15. The molecular formula is C26H40N2O4. The number of unbranched alkanes of at least 4 members (excludes halogenated alkanes) is 6. The Balaban J connectivity index is 1.77. The summed E-state index contributed by atoms with van der Waals surface area (Å²) in [6.07, 6.45) is 18.8. The molecule has 0 aromatic heterocycles. The second-order valence-corrected chi connectivity index (χ2v) is 8.98. The van der Waals surface area contributed by atoms with Gasteiger partial charge in [-0.25, -0.2) is 0 Å². The predicted octanol–water partition coefficient (Wildman–Crippen LogP) is 4.79. The van der Waals surface area contributed by atoms with Crippen molar-refractivity contribution in [3.63, 3.8) is 0 Å². The van der Waals surface area contributed by atoms with Gasteiger partial charge in [-0.3, -0.25) is 29.0 Å². The zero-order valence-corrected chi connectivity index (χ0v) is 19.9. The van der Waals surface area contributed by atoms with Gasteiger partial charge in [-0.1, -0.05) is 63.8 Å². The van der Waals surface area contributed by atoms with E-state index in [0.717, 1.165) is 25.7 Å². The second kappa shape index (κ2) is 14.0. The van der Waals surface area contributed by atoms with E-state index in [1.807, 2.05) is 12.2 Å². The maximum atomic E-state index is 12.6. The third-order valence-corrected chi connectivity index (χ3v) is 6.35. The van der Waals surface area contributed by atoms with Crippen LogP contribution in [-0.4, -0.2) is 46.5 Å². The summed E-state index contributed by atoms with van der Waals surface area (Å²) in [5, 5.41) is 0. The SMILES string of the molecule is CCCCC/C=C/CC1CC(=O)N(CCN2C(=O)CC(C/C=C/CCCCC)C2=O)C1=O. The van der Waals surface area contributed by atoms with Crippen LogP contribution in [0.15, 0.2) is 24.3 Å². The smallest absolute Gasteiger partial charge is 0.233 e. The molecule has 0 saturated carbocycles. The minimum absolute atomic E-state index is 0.103. The summed E-state index contributed by atoms with van der Waals surface area (Å²) in [7, 11) is 0. The van der Waals surface area contributed by atoms with Crippen LogP contribution < -0.4 is 0 Å². The van der Waals surface area contributed by atoms with Gasteiger partial charge >= 0.3 is 0 Å². The number of imide groups is 2. The van der Waals surface area contributed by atoms with Gasteiger partial charge < -0.3 is 0 Å². The summed E-state index contributed by atoms with van der Waals surface area (Å²) in [6, 6.07) is 0. The number of allylic oxidation sites excluding steroid dienone is 4. The lowest BCUT2D eigenvalue weighted by atomic mass is 10.0. The quantitative estimate of drug-likeness (QED) is 0.207. The lowest BCUT2D eigenvalue weighted by Gasteiger charge is -2.19. The number of likely N-dealkylation sites (tertiary alicyclic amines) is 2. The Bertz CT molecular complexity index is 653. The van der Waals surface area contributed by atoms with Gasteiger partial charge in [0.15, 0.2) is 0 Å². The van der Waals surface area contributed by atoms with Crippen molar-refractivity contribution >= 4 is 23.6 Å². The van der Waals surface area contributed by atoms with Crippen LogP contribution in [0.1, 0.15) is 90.9 Å². The molecule has 4 amide bonds. The average Bonchev–Trinajstić information content (AvgIpc) is 3.20. The van der Waals surface area contributed by atoms with Crippen LogP contribution in [0.4, 0.5) is 0 Å². The van der Waals surface area contributed by atoms with Crippen LogP contribution in [-0.2, 0) is 19.2 Å². The monoisotopic (exact) mass is 444 g/mol. The van der Waals surface area contributed by atoms with Crippen LogP contribution >= 0.6 is 0 Å². The topological polar surface area (TPSA) is 74.8 Å². The van der Waals surface area contributed by atoms with E-state index in [-0.39, 0.29) is 61.4 Å². The van der Waals surface area contributed by atoms with Crippen LogP contribution in [0.3, 0.4) is 0 Å². The highest BCUT2D eigenvalue weighted by molar-refractivity contribution is 6.05. The molecule has 0 aromatic rings. The van der Waals surface area contributed by atoms with E-state index in [1.165, 1.54) is 35.5 Å². The van der Waals surface area contributed by atoms with Gasteiger partial charge in [-0.05, 0) is 38.5 Å². The van der Waals surface area contributed by atoms with Crippen molar-refractivity contribution in [2.75, 3.05) is 13.1 Å². The average molecular weight is 445 g/mol. The summed E-state index contributed by atoms with van der Waals surface area (Å²) < 4.78 is 0. The maximum absolute atomic E-state index is 12.6. The fraction of sp³-hybridized carbons (Fsp3) is 0.692. The molecule has 0 radical (unpaired) electrons. The maximum Gasteiger partial charge on any atom is 0.233 e. The Hall–Kier alpha value is -2.24. The molecule has 2 saturated heterocycles. The van der Waals surface area contributed by atoms with Crippen molar-refractivity contribution < 1.29 is 19.2 Å². The van der Waals surface area contributed by atoms with Crippen molar-refractivity contribution in [2.24, 2.45) is 11.8 Å². The molecule has 2 heterocycles. The molecule has 6 nitrogen and oxygen atoms in total. The molecular weight excluding hydrogens is 404 g/mol. The Kier molecular flexibility index (Phi) is 11.4. The highest BCUT2D eigenvalue weighted by Crippen LogP contribution is 2.26. The summed E-state index contributed by atoms with van der Waals surface area (Å²) in [5.41, 5.74) is 0. The predicted molar refractivity (Wildman–Crippen MR) is 125 cm³/mol. The molecule has 0 aromatic carbocycles. The Morgan fingerprint density at radius 2 is 1.06 bits per heavy atom. The largest absolute Gasteiger partial charge is 0.281 e. The van der Waals surface area contributed by atoms with E-state index >= 15 is 0 Å². The Morgan fingerprint density at radius 3 is 1.44 bits per heavy atom. The van der Waals surface area contributed by atoms with Gasteiger partial charge in [-0.15, -0.1) is 0 Å². The normalized spacial score (nSPS) is 21.9. The highest BCUT2D eigenvalue weighted by Gasteiger charge is 2.41. The van der Waals surface area contributed by atoms with Crippen molar-refractivity contribution in [2.45, 2.75) is 90.9 Å². The third kappa shape index (κ3) is 7.72. The number of hydrogen-bond donors (Lipinski definition) is 0. The zero-order valence-electron chi connectivity index (χ0n) is 19.9. The van der Waals surface area contributed by atoms with E-state index in [2.05, 4.69) is 26.0 Å². The zero-order chi connectivity index (χ0) is 23.3. The molecule has 2 fully saturated rings. The van der Waals surface area contributed by atoms with E-state index in [4.69, 9.17) is 0 Å². The molecule has 2 atom stereocenters.